The number of anilines is 1. The average Bonchev–Trinajstić information content (AvgIpc) is 3.07. The van der Waals surface area contributed by atoms with Gasteiger partial charge in [0.05, 0.1) is 12.1 Å². The first-order valence-electron chi connectivity index (χ1n) is 9.03. The molecule has 1 aromatic rings. The van der Waals surface area contributed by atoms with Crippen molar-refractivity contribution in [1.29, 1.82) is 0 Å². The lowest BCUT2D eigenvalue weighted by atomic mass is 9.95. The van der Waals surface area contributed by atoms with Gasteiger partial charge in [-0.15, -0.1) is 0 Å². The number of nitrogens with one attached hydrogen (secondary N) is 1. The monoisotopic (exact) mass is 332 g/mol. The lowest BCUT2D eigenvalue weighted by Crippen LogP contribution is -2.47. The molecular weight excluding hydrogens is 304 g/mol. The number of hydrogen-bond acceptors (Lipinski definition) is 5. The summed E-state index contributed by atoms with van der Waals surface area (Å²) in [6, 6.07) is 5.80. The highest BCUT2D eigenvalue weighted by atomic mass is 16.3. The maximum Gasteiger partial charge on any atom is 0.239 e. The molecule has 132 valence electrons. The van der Waals surface area contributed by atoms with Crippen molar-refractivity contribution in [3.05, 3.63) is 24.4 Å². The average molecular weight is 332 g/mol. The second-order valence-corrected chi connectivity index (χ2v) is 6.85. The first kappa shape index (κ1) is 17.2. The van der Waals surface area contributed by atoms with Gasteiger partial charge >= 0.3 is 0 Å². The van der Waals surface area contributed by atoms with Crippen molar-refractivity contribution < 1.29 is 9.90 Å². The number of aliphatic hydroxyl groups is 1. The number of carbonyl (C=O) groups excluding carboxylic acids is 1. The Morgan fingerprint density at radius 3 is 2.79 bits per heavy atom. The van der Waals surface area contributed by atoms with Gasteiger partial charge in [-0.3, -0.25) is 4.79 Å². The van der Waals surface area contributed by atoms with E-state index >= 15 is 0 Å². The van der Waals surface area contributed by atoms with E-state index in [-0.39, 0.29) is 18.1 Å². The lowest BCUT2D eigenvalue weighted by Gasteiger charge is -2.35. The molecule has 0 spiro atoms. The minimum absolute atomic E-state index is 0.140. The zero-order chi connectivity index (χ0) is 16.9. The molecule has 2 fully saturated rings. The van der Waals surface area contributed by atoms with Gasteiger partial charge in [0.15, 0.2) is 0 Å². The van der Waals surface area contributed by atoms with Gasteiger partial charge in [0.1, 0.15) is 5.82 Å². The summed E-state index contributed by atoms with van der Waals surface area (Å²) in [7, 11) is 0. The van der Waals surface area contributed by atoms with Crippen LogP contribution in [0.25, 0.3) is 0 Å². The van der Waals surface area contributed by atoms with E-state index in [2.05, 4.69) is 21.3 Å². The van der Waals surface area contributed by atoms with Crippen LogP contribution in [0.3, 0.4) is 0 Å². The van der Waals surface area contributed by atoms with Crippen LogP contribution in [0.2, 0.25) is 0 Å². The lowest BCUT2D eigenvalue weighted by molar-refractivity contribution is -0.133. The van der Waals surface area contributed by atoms with Gasteiger partial charge in [-0.2, -0.15) is 0 Å². The molecule has 1 amide bonds. The summed E-state index contributed by atoms with van der Waals surface area (Å²) in [5.41, 5.74) is 0. The van der Waals surface area contributed by atoms with E-state index in [0.29, 0.717) is 18.9 Å². The number of rotatable bonds is 5. The van der Waals surface area contributed by atoms with Crippen LogP contribution >= 0.6 is 0 Å². The quantitative estimate of drug-likeness (QED) is 0.837. The van der Waals surface area contributed by atoms with Gasteiger partial charge in [-0.1, -0.05) is 6.07 Å². The number of pyridine rings is 1. The number of amides is 1. The van der Waals surface area contributed by atoms with Crippen LogP contribution in [0.5, 0.6) is 0 Å². The second kappa shape index (κ2) is 7.94. The summed E-state index contributed by atoms with van der Waals surface area (Å²) >= 11 is 0. The molecule has 2 aliphatic heterocycles. The molecule has 0 radical (unpaired) electrons. The van der Waals surface area contributed by atoms with Gasteiger partial charge in [0, 0.05) is 38.9 Å². The third-order valence-electron chi connectivity index (χ3n) is 5.17. The van der Waals surface area contributed by atoms with Gasteiger partial charge in [-0.25, -0.2) is 4.98 Å². The van der Waals surface area contributed by atoms with E-state index in [1.165, 1.54) is 0 Å². The zero-order valence-electron chi connectivity index (χ0n) is 14.4. The van der Waals surface area contributed by atoms with Crippen molar-refractivity contribution in [2.45, 2.75) is 38.3 Å². The largest absolute Gasteiger partial charge is 0.392 e. The highest BCUT2D eigenvalue weighted by molar-refractivity contribution is 5.82. The third-order valence-corrected chi connectivity index (χ3v) is 5.17. The summed E-state index contributed by atoms with van der Waals surface area (Å²) in [6.07, 6.45) is 4.15. The molecule has 2 aliphatic rings. The topological polar surface area (TPSA) is 68.7 Å². The maximum atomic E-state index is 12.6. The molecule has 0 saturated carbocycles. The van der Waals surface area contributed by atoms with Crippen molar-refractivity contribution in [2.24, 2.45) is 5.92 Å². The number of nitrogens with zero attached hydrogens (tertiary/aromatic N) is 3. The fraction of sp³-hybridized carbons (Fsp3) is 0.667. The van der Waals surface area contributed by atoms with Crippen LogP contribution < -0.4 is 10.2 Å². The fourth-order valence-electron chi connectivity index (χ4n) is 3.70. The number of piperidine rings is 1. The van der Waals surface area contributed by atoms with E-state index in [1.807, 2.05) is 30.2 Å². The predicted molar refractivity (Wildman–Crippen MR) is 93.8 cm³/mol. The molecular formula is C18H28N4O2. The van der Waals surface area contributed by atoms with Crippen molar-refractivity contribution in [3.63, 3.8) is 0 Å². The Morgan fingerprint density at radius 1 is 1.42 bits per heavy atom. The zero-order valence-corrected chi connectivity index (χ0v) is 14.4. The van der Waals surface area contributed by atoms with Crippen LogP contribution in [0, 0.1) is 5.92 Å². The minimum atomic E-state index is -0.390. The van der Waals surface area contributed by atoms with Crippen molar-refractivity contribution >= 4 is 11.7 Å². The van der Waals surface area contributed by atoms with Crippen molar-refractivity contribution in [3.8, 4) is 0 Å². The summed E-state index contributed by atoms with van der Waals surface area (Å²) in [5, 5.41) is 12.7. The van der Waals surface area contributed by atoms with Crippen molar-refractivity contribution in [1.82, 2.24) is 15.2 Å². The summed E-state index contributed by atoms with van der Waals surface area (Å²) in [5.74, 6) is 1.73. The summed E-state index contributed by atoms with van der Waals surface area (Å²) in [4.78, 5) is 21.3. The first-order valence-corrected chi connectivity index (χ1v) is 9.03. The minimum Gasteiger partial charge on any atom is -0.392 e. The maximum absolute atomic E-state index is 12.6. The second-order valence-electron chi connectivity index (χ2n) is 6.85. The molecule has 3 heterocycles. The number of aliphatic hydroxyl groups excluding tert-OH is 1. The van der Waals surface area contributed by atoms with E-state index in [9.17, 15) is 9.90 Å². The Morgan fingerprint density at radius 2 is 2.21 bits per heavy atom. The molecule has 24 heavy (non-hydrogen) atoms. The highest BCUT2D eigenvalue weighted by Gasteiger charge is 2.32. The predicted octanol–water partition coefficient (Wildman–Crippen LogP) is 0.869. The molecule has 2 atom stereocenters. The van der Waals surface area contributed by atoms with E-state index in [0.717, 1.165) is 44.8 Å². The van der Waals surface area contributed by atoms with Crippen LogP contribution in [0.4, 0.5) is 5.82 Å². The summed E-state index contributed by atoms with van der Waals surface area (Å²) < 4.78 is 0. The number of hydrogen-bond donors (Lipinski definition) is 2. The SMILES string of the molecule is CCN(CC1CCN(c2ccccn2)CC1)C(=O)C1CC(O)CN1. The smallest absolute Gasteiger partial charge is 0.239 e. The first-order chi connectivity index (χ1) is 11.7. The Kier molecular flexibility index (Phi) is 5.68. The third kappa shape index (κ3) is 4.05. The molecule has 0 aromatic carbocycles. The molecule has 6 heteroatoms. The molecule has 6 nitrogen and oxygen atoms in total. The van der Waals surface area contributed by atoms with E-state index in [1.54, 1.807) is 0 Å². The molecule has 2 N–H and O–H groups in total. The number of likely N-dealkylation sites (N-methyl/N-ethyl adjacent to an activating group) is 1. The van der Waals surface area contributed by atoms with Crippen LogP contribution in [0.1, 0.15) is 26.2 Å². The number of β-amino-alcohol motifs (C(OH)–C–C–N with tert-alkyl or cyclic N) is 1. The number of aromatic nitrogens is 1. The summed E-state index contributed by atoms with van der Waals surface area (Å²) in [6.45, 7) is 6.09. The Bertz CT molecular complexity index is 531. The van der Waals surface area contributed by atoms with Crippen LogP contribution in [-0.2, 0) is 4.79 Å². The highest BCUT2D eigenvalue weighted by Crippen LogP contribution is 2.23. The normalized spacial score (nSPS) is 25.0. The van der Waals surface area contributed by atoms with Gasteiger partial charge in [0.2, 0.25) is 5.91 Å². The molecule has 0 bridgehead atoms. The molecule has 3 rings (SSSR count). The number of carbonyl (C=O) groups is 1. The van der Waals surface area contributed by atoms with Crippen LogP contribution in [-0.4, -0.2) is 65.8 Å². The molecule has 2 unspecified atom stereocenters. The van der Waals surface area contributed by atoms with Gasteiger partial charge < -0.3 is 20.2 Å². The van der Waals surface area contributed by atoms with E-state index in [4.69, 9.17) is 0 Å². The molecule has 1 aromatic heterocycles. The Labute approximate surface area is 143 Å². The fourth-order valence-corrected chi connectivity index (χ4v) is 3.70. The van der Waals surface area contributed by atoms with E-state index < -0.39 is 0 Å². The molecule has 2 saturated heterocycles. The Hall–Kier alpha value is -1.66. The van der Waals surface area contributed by atoms with Gasteiger partial charge in [0.25, 0.3) is 0 Å². The van der Waals surface area contributed by atoms with Crippen molar-refractivity contribution in [2.75, 3.05) is 37.6 Å². The standard InChI is InChI=1S/C18H28N4O2/c1-2-21(18(24)16-11-15(23)12-20-16)13-14-6-9-22(10-7-14)17-5-3-4-8-19-17/h3-5,8,14-16,20,23H,2,6-7,9-13H2,1H3. The van der Waals surface area contributed by atoms with Crippen LogP contribution in [0.15, 0.2) is 24.4 Å². The van der Waals surface area contributed by atoms with Gasteiger partial charge in [-0.05, 0) is 44.2 Å². The Balaban J connectivity index is 1.50. The molecule has 0 aliphatic carbocycles.